The largest absolute Gasteiger partial charge is 0.360 e. The lowest BCUT2D eigenvalue weighted by Crippen LogP contribution is -2.35. The highest BCUT2D eigenvalue weighted by molar-refractivity contribution is 5.86. The molecule has 150 valence electrons. The van der Waals surface area contributed by atoms with Gasteiger partial charge in [0.15, 0.2) is 0 Å². The van der Waals surface area contributed by atoms with E-state index in [4.69, 9.17) is 0 Å². The van der Waals surface area contributed by atoms with Gasteiger partial charge < -0.3 is 9.88 Å². The Morgan fingerprint density at radius 2 is 1.93 bits per heavy atom. The van der Waals surface area contributed by atoms with Crippen molar-refractivity contribution >= 4 is 10.9 Å². The molecule has 0 aliphatic carbocycles. The smallest absolute Gasteiger partial charge is 0.129 e. The number of aromatic amines is 1. The fourth-order valence-electron chi connectivity index (χ4n) is 4.33. The Morgan fingerprint density at radius 1 is 1.10 bits per heavy atom. The highest BCUT2D eigenvalue weighted by Crippen LogP contribution is 2.24. The molecule has 29 heavy (non-hydrogen) atoms. The molecular weight excluding hydrogens is 368 g/mol. The van der Waals surface area contributed by atoms with Crippen molar-refractivity contribution in [1.82, 2.24) is 9.88 Å². The van der Waals surface area contributed by atoms with Crippen LogP contribution in [0.25, 0.3) is 10.9 Å². The summed E-state index contributed by atoms with van der Waals surface area (Å²) in [5.74, 6) is -0.474. The maximum absolute atomic E-state index is 13.9. The average Bonchev–Trinajstić information content (AvgIpc) is 3.14. The number of likely N-dealkylation sites (tertiary alicyclic amines) is 1. The van der Waals surface area contributed by atoms with Crippen LogP contribution in [0.5, 0.6) is 0 Å². The molecule has 2 aromatic carbocycles. The summed E-state index contributed by atoms with van der Waals surface area (Å²) in [4.78, 5) is 5.61. The topological polar surface area (TPSA) is 42.8 Å². The van der Waals surface area contributed by atoms with Gasteiger partial charge in [0.2, 0.25) is 0 Å². The van der Waals surface area contributed by atoms with E-state index in [1.807, 2.05) is 6.07 Å². The Morgan fingerprint density at radius 3 is 2.69 bits per heavy atom. The number of nitriles is 1. The number of halogens is 2. The maximum atomic E-state index is 13.9. The van der Waals surface area contributed by atoms with Crippen LogP contribution < -0.4 is 0 Å². The second-order valence-electron chi connectivity index (χ2n) is 8.02. The molecule has 1 aliphatic heterocycles. The first-order valence-electron chi connectivity index (χ1n) is 10.3. The van der Waals surface area contributed by atoms with Crippen LogP contribution in [0.2, 0.25) is 0 Å². The van der Waals surface area contributed by atoms with Crippen LogP contribution >= 0.6 is 0 Å². The van der Waals surface area contributed by atoms with Crippen LogP contribution in [0, 0.1) is 28.9 Å². The van der Waals surface area contributed by atoms with Crippen molar-refractivity contribution in [3.63, 3.8) is 0 Å². The van der Waals surface area contributed by atoms with Crippen LogP contribution in [0.4, 0.5) is 8.78 Å². The molecule has 0 saturated carbocycles. The van der Waals surface area contributed by atoms with E-state index < -0.39 is 11.6 Å². The number of aryl methyl sites for hydroxylation is 1. The van der Waals surface area contributed by atoms with Crippen LogP contribution in [0.3, 0.4) is 0 Å². The minimum atomic E-state index is -0.513. The lowest BCUT2D eigenvalue weighted by Gasteiger charge is -2.32. The number of aromatic nitrogens is 1. The van der Waals surface area contributed by atoms with E-state index in [1.54, 1.807) is 12.3 Å². The van der Waals surface area contributed by atoms with Crippen molar-refractivity contribution in [2.24, 2.45) is 5.92 Å². The van der Waals surface area contributed by atoms with Gasteiger partial charge in [0.25, 0.3) is 0 Å². The molecule has 1 aliphatic rings. The molecular formula is C24H25F2N3. The summed E-state index contributed by atoms with van der Waals surface area (Å²) < 4.78 is 26.9. The molecule has 3 nitrogen and oxygen atoms in total. The van der Waals surface area contributed by atoms with Gasteiger partial charge >= 0.3 is 0 Å². The van der Waals surface area contributed by atoms with Gasteiger partial charge in [-0.1, -0.05) is 12.1 Å². The molecule has 4 rings (SSSR count). The quantitative estimate of drug-likeness (QED) is 0.625. The van der Waals surface area contributed by atoms with Gasteiger partial charge in [0, 0.05) is 23.2 Å². The summed E-state index contributed by atoms with van der Waals surface area (Å²) in [6, 6.07) is 12.4. The normalized spacial score (nSPS) is 15.6. The van der Waals surface area contributed by atoms with Crippen molar-refractivity contribution in [2.75, 3.05) is 19.6 Å². The Hall–Kier alpha value is -2.71. The number of H-pyrrole nitrogens is 1. The van der Waals surface area contributed by atoms with Crippen LogP contribution in [0.1, 0.15) is 36.0 Å². The number of rotatable bonds is 6. The lowest BCUT2D eigenvalue weighted by atomic mass is 9.90. The predicted octanol–water partition coefficient (Wildman–Crippen LogP) is 5.21. The SMILES string of the molecule is N#Cc1c[nH]c2ccc(CCCN3CCC(Cc4ccc(F)cc4F)CC3)cc12. The molecule has 0 amide bonds. The molecule has 3 aromatic rings. The Balaban J connectivity index is 1.23. The van der Waals surface area contributed by atoms with E-state index in [2.05, 4.69) is 28.1 Å². The first-order valence-corrected chi connectivity index (χ1v) is 10.3. The monoisotopic (exact) mass is 393 g/mol. The zero-order valence-electron chi connectivity index (χ0n) is 16.4. The van der Waals surface area contributed by atoms with Crippen molar-refractivity contribution in [3.05, 3.63) is 70.9 Å². The maximum Gasteiger partial charge on any atom is 0.129 e. The van der Waals surface area contributed by atoms with Gasteiger partial charge in [-0.15, -0.1) is 0 Å². The number of nitrogens with one attached hydrogen (secondary N) is 1. The van der Waals surface area contributed by atoms with E-state index in [-0.39, 0.29) is 0 Å². The summed E-state index contributed by atoms with van der Waals surface area (Å²) in [5.41, 5.74) is 3.59. The van der Waals surface area contributed by atoms with E-state index in [0.717, 1.165) is 62.3 Å². The van der Waals surface area contributed by atoms with Crippen LogP contribution in [0.15, 0.2) is 42.6 Å². The van der Waals surface area contributed by atoms with Gasteiger partial charge in [0.05, 0.1) is 5.56 Å². The summed E-state index contributed by atoms with van der Waals surface area (Å²) in [7, 11) is 0. The van der Waals surface area contributed by atoms with E-state index in [0.29, 0.717) is 23.5 Å². The van der Waals surface area contributed by atoms with Crippen molar-refractivity contribution in [2.45, 2.75) is 32.1 Å². The number of hydrogen-bond acceptors (Lipinski definition) is 2. The highest BCUT2D eigenvalue weighted by atomic mass is 19.1. The minimum absolute atomic E-state index is 0.425. The van der Waals surface area contributed by atoms with Crippen molar-refractivity contribution < 1.29 is 8.78 Å². The zero-order chi connectivity index (χ0) is 20.2. The number of benzene rings is 2. The molecule has 0 unspecified atom stereocenters. The molecule has 1 aromatic heterocycles. The average molecular weight is 393 g/mol. The standard InChI is InChI=1S/C24H25F2N3/c25-21-5-4-19(23(26)14-21)12-18-7-10-29(11-8-18)9-1-2-17-3-6-24-22(13-17)20(15-27)16-28-24/h3-6,13-14,16,18,28H,1-2,7-12H2. The summed E-state index contributed by atoms with van der Waals surface area (Å²) >= 11 is 0. The number of piperidine rings is 1. The van der Waals surface area contributed by atoms with Crippen molar-refractivity contribution in [1.29, 1.82) is 5.26 Å². The summed E-state index contributed by atoms with van der Waals surface area (Å²) in [6.07, 6.45) is 6.63. The molecule has 2 heterocycles. The number of nitrogens with zero attached hydrogens (tertiary/aromatic N) is 2. The fraction of sp³-hybridized carbons (Fsp3) is 0.375. The number of fused-ring (bicyclic) bond motifs is 1. The van der Waals surface area contributed by atoms with Crippen LogP contribution in [-0.2, 0) is 12.8 Å². The zero-order valence-corrected chi connectivity index (χ0v) is 16.4. The van der Waals surface area contributed by atoms with E-state index in [1.165, 1.54) is 11.6 Å². The molecule has 5 heteroatoms. The lowest BCUT2D eigenvalue weighted by molar-refractivity contribution is 0.182. The van der Waals surface area contributed by atoms with Gasteiger partial charge in [-0.2, -0.15) is 5.26 Å². The second kappa shape index (κ2) is 8.75. The van der Waals surface area contributed by atoms with E-state index in [9.17, 15) is 14.0 Å². The molecule has 1 fully saturated rings. The van der Waals surface area contributed by atoms with Gasteiger partial charge in [0.1, 0.15) is 17.7 Å². The third-order valence-corrected chi connectivity index (χ3v) is 6.04. The third kappa shape index (κ3) is 4.65. The molecule has 0 radical (unpaired) electrons. The molecule has 0 spiro atoms. The Labute approximate surface area is 170 Å². The van der Waals surface area contributed by atoms with Gasteiger partial charge in [-0.25, -0.2) is 8.78 Å². The van der Waals surface area contributed by atoms with E-state index >= 15 is 0 Å². The molecule has 0 bridgehead atoms. The fourth-order valence-corrected chi connectivity index (χ4v) is 4.33. The number of hydrogen-bond donors (Lipinski definition) is 1. The minimum Gasteiger partial charge on any atom is -0.360 e. The van der Waals surface area contributed by atoms with Gasteiger partial charge in [-0.05, 0) is 87.0 Å². The van der Waals surface area contributed by atoms with Gasteiger partial charge in [-0.3, -0.25) is 0 Å². The van der Waals surface area contributed by atoms with Crippen LogP contribution in [-0.4, -0.2) is 29.5 Å². The first kappa shape index (κ1) is 19.6. The molecule has 0 atom stereocenters. The third-order valence-electron chi connectivity index (χ3n) is 6.04. The summed E-state index contributed by atoms with van der Waals surface area (Å²) in [5, 5.41) is 10.2. The first-order chi connectivity index (χ1) is 14.1. The second-order valence-corrected chi connectivity index (χ2v) is 8.02. The van der Waals surface area contributed by atoms with Crippen molar-refractivity contribution in [3.8, 4) is 6.07 Å². The Bertz CT molecular complexity index is 1030. The highest BCUT2D eigenvalue weighted by Gasteiger charge is 2.20. The molecule has 1 N–H and O–H groups in total. The predicted molar refractivity (Wildman–Crippen MR) is 111 cm³/mol. The Kier molecular flexibility index (Phi) is 5.92. The molecule has 1 saturated heterocycles. The summed E-state index contributed by atoms with van der Waals surface area (Å²) in [6.45, 7) is 3.11.